The third-order valence-electron chi connectivity index (χ3n) is 9.79. The predicted molar refractivity (Wildman–Crippen MR) is 125 cm³/mol. The lowest BCUT2D eigenvalue weighted by molar-refractivity contribution is -0.187. The third kappa shape index (κ3) is 3.35. The molecule has 0 aromatic rings. The van der Waals surface area contributed by atoms with Gasteiger partial charge in [0.1, 0.15) is 0 Å². The number of hydrogen-bond donors (Lipinski definition) is 0. The first-order valence-corrected chi connectivity index (χ1v) is 12.8. The van der Waals surface area contributed by atoms with E-state index in [1.165, 1.54) is 11.1 Å². The second-order valence-electron chi connectivity index (χ2n) is 11.4. The van der Waals surface area contributed by atoms with Crippen molar-refractivity contribution in [3.05, 3.63) is 23.3 Å². The van der Waals surface area contributed by atoms with Gasteiger partial charge in [0.2, 0.25) is 0 Å². The molecule has 2 fully saturated rings. The number of rotatable bonds is 6. The average Bonchev–Trinajstić information content (AvgIpc) is 3.03. The second-order valence-corrected chi connectivity index (χ2v) is 11.4. The van der Waals surface area contributed by atoms with Crippen molar-refractivity contribution in [2.45, 2.75) is 104 Å². The number of ketones is 2. The zero-order valence-electron chi connectivity index (χ0n) is 20.6. The van der Waals surface area contributed by atoms with Crippen LogP contribution in [0.1, 0.15) is 98.8 Å². The molecule has 4 aliphatic rings. The molecule has 0 unspecified atom stereocenters. The van der Waals surface area contributed by atoms with E-state index < -0.39 is 5.60 Å². The van der Waals surface area contributed by atoms with E-state index in [9.17, 15) is 14.4 Å². The Bertz CT molecular complexity index is 882. The highest BCUT2D eigenvalue weighted by molar-refractivity contribution is 5.92. The molecule has 176 valence electrons. The van der Waals surface area contributed by atoms with Crippen LogP contribution in [-0.4, -0.2) is 23.1 Å². The Morgan fingerprint density at radius 2 is 1.81 bits per heavy atom. The molecule has 6 atom stereocenters. The number of carbonyl (C=O) groups is 3. The van der Waals surface area contributed by atoms with Crippen LogP contribution >= 0.6 is 0 Å². The molecule has 4 heteroatoms. The monoisotopic (exact) mass is 440 g/mol. The Kier molecular flexibility index (Phi) is 6.05. The Balaban J connectivity index is 1.67. The van der Waals surface area contributed by atoms with Gasteiger partial charge in [-0.05, 0) is 87.2 Å². The Morgan fingerprint density at radius 3 is 2.50 bits per heavy atom. The second kappa shape index (κ2) is 8.25. The number of ether oxygens (including phenoxy) is 1. The molecule has 0 saturated heterocycles. The molecule has 0 spiro atoms. The number of unbranched alkanes of at least 4 members (excludes halogenated alkanes) is 2. The van der Waals surface area contributed by atoms with Crippen LogP contribution < -0.4 is 0 Å². The van der Waals surface area contributed by atoms with Crippen LogP contribution in [0.3, 0.4) is 0 Å². The zero-order valence-corrected chi connectivity index (χ0v) is 20.6. The molecular weight excluding hydrogens is 400 g/mol. The summed E-state index contributed by atoms with van der Waals surface area (Å²) in [6.45, 7) is 10.4. The molecule has 4 aliphatic carbocycles. The van der Waals surface area contributed by atoms with Gasteiger partial charge < -0.3 is 4.74 Å². The van der Waals surface area contributed by atoms with Gasteiger partial charge in [0.25, 0.3) is 0 Å². The molecule has 0 aromatic carbocycles. The summed E-state index contributed by atoms with van der Waals surface area (Å²) in [6.07, 6.45) is 12.6. The standard InChI is InChI=1S/C28H40O4/c1-6-7-8-9-25(31)32-28(19(3)29)15-12-23-21-16-18(2)24-17-20(30)10-13-26(24,4)22(21)11-14-27(23,28)5/h16-17,21-23H,6-15H2,1-5H3/t21-,22-,23+,26+,27-,28-/m0/s1. The highest BCUT2D eigenvalue weighted by atomic mass is 16.6. The summed E-state index contributed by atoms with van der Waals surface area (Å²) in [5.74, 6) is 1.21. The maximum atomic E-state index is 13.1. The van der Waals surface area contributed by atoms with Gasteiger partial charge in [-0.1, -0.05) is 45.3 Å². The normalized spacial score (nSPS) is 40.5. The number of fused-ring (bicyclic) bond motifs is 5. The quantitative estimate of drug-likeness (QED) is 0.368. The van der Waals surface area contributed by atoms with Crippen LogP contribution in [0.4, 0.5) is 0 Å². The molecule has 0 N–H and O–H groups in total. The summed E-state index contributed by atoms with van der Waals surface area (Å²) in [6, 6.07) is 0. The summed E-state index contributed by atoms with van der Waals surface area (Å²) in [4.78, 5) is 38.1. The summed E-state index contributed by atoms with van der Waals surface area (Å²) in [7, 11) is 0. The smallest absolute Gasteiger partial charge is 0.306 e. The summed E-state index contributed by atoms with van der Waals surface area (Å²) < 4.78 is 6.17. The first-order chi connectivity index (χ1) is 15.1. The van der Waals surface area contributed by atoms with Crippen LogP contribution in [-0.2, 0) is 19.1 Å². The van der Waals surface area contributed by atoms with E-state index in [0.717, 1.165) is 44.9 Å². The maximum absolute atomic E-state index is 13.1. The van der Waals surface area contributed by atoms with Gasteiger partial charge in [0.05, 0.1) is 0 Å². The van der Waals surface area contributed by atoms with Gasteiger partial charge in [-0.3, -0.25) is 14.4 Å². The van der Waals surface area contributed by atoms with E-state index in [1.54, 1.807) is 6.92 Å². The van der Waals surface area contributed by atoms with E-state index in [-0.39, 0.29) is 28.4 Å². The number of allylic oxidation sites excluding steroid dienone is 4. The van der Waals surface area contributed by atoms with Gasteiger partial charge in [-0.2, -0.15) is 0 Å². The molecule has 0 aromatic heterocycles. The first kappa shape index (κ1) is 23.4. The van der Waals surface area contributed by atoms with Crippen molar-refractivity contribution in [2.24, 2.45) is 28.6 Å². The lowest BCUT2D eigenvalue weighted by Crippen LogP contribution is -2.58. The highest BCUT2D eigenvalue weighted by Gasteiger charge is 2.67. The molecular formula is C28H40O4. The minimum absolute atomic E-state index is 0.0105. The van der Waals surface area contributed by atoms with Crippen LogP contribution in [0.2, 0.25) is 0 Å². The predicted octanol–water partition coefficient (Wildman–Crippen LogP) is 6.14. The van der Waals surface area contributed by atoms with Gasteiger partial charge in [-0.15, -0.1) is 0 Å². The van der Waals surface area contributed by atoms with Crippen LogP contribution in [0.15, 0.2) is 23.3 Å². The molecule has 0 bridgehead atoms. The number of hydrogen-bond acceptors (Lipinski definition) is 4. The molecule has 32 heavy (non-hydrogen) atoms. The van der Waals surface area contributed by atoms with E-state index in [2.05, 4.69) is 33.8 Å². The molecule has 0 amide bonds. The van der Waals surface area contributed by atoms with Crippen molar-refractivity contribution >= 4 is 17.5 Å². The van der Waals surface area contributed by atoms with E-state index in [4.69, 9.17) is 4.74 Å². The van der Waals surface area contributed by atoms with Crippen molar-refractivity contribution < 1.29 is 19.1 Å². The Labute approximate surface area is 193 Å². The van der Waals surface area contributed by atoms with Crippen molar-refractivity contribution in [1.29, 1.82) is 0 Å². The molecule has 0 aliphatic heterocycles. The Morgan fingerprint density at radius 1 is 1.09 bits per heavy atom. The lowest BCUT2D eigenvalue weighted by atomic mass is 9.47. The van der Waals surface area contributed by atoms with Crippen molar-refractivity contribution in [3.63, 3.8) is 0 Å². The first-order valence-electron chi connectivity index (χ1n) is 12.8. The summed E-state index contributed by atoms with van der Waals surface area (Å²) >= 11 is 0. The largest absolute Gasteiger partial charge is 0.450 e. The SMILES string of the molecule is CCCCCC(=O)O[C@]1(C(C)=O)CC[C@@H]2[C@H]3C=C(C)C4=CC(=O)CC[C@]4(C)[C@H]3CC[C@@]21C. The van der Waals surface area contributed by atoms with Crippen LogP contribution in [0.5, 0.6) is 0 Å². The lowest BCUT2D eigenvalue weighted by Gasteiger charge is -2.58. The molecule has 0 radical (unpaired) electrons. The van der Waals surface area contributed by atoms with E-state index in [1.807, 2.05) is 6.08 Å². The zero-order chi connectivity index (χ0) is 23.3. The van der Waals surface area contributed by atoms with Gasteiger partial charge in [0, 0.05) is 18.3 Å². The van der Waals surface area contributed by atoms with E-state index in [0.29, 0.717) is 37.0 Å². The topological polar surface area (TPSA) is 60.4 Å². The minimum Gasteiger partial charge on any atom is -0.450 e. The van der Waals surface area contributed by atoms with Crippen molar-refractivity contribution in [1.82, 2.24) is 0 Å². The number of carbonyl (C=O) groups excluding carboxylic acids is 3. The van der Waals surface area contributed by atoms with Crippen molar-refractivity contribution in [2.75, 3.05) is 0 Å². The fraction of sp³-hybridized carbons (Fsp3) is 0.750. The average molecular weight is 441 g/mol. The molecule has 4 rings (SSSR count). The number of Topliss-reactive ketones (excluding diaryl/α,β-unsaturated/α-hetero) is 1. The third-order valence-corrected chi connectivity index (χ3v) is 9.79. The summed E-state index contributed by atoms with van der Waals surface area (Å²) in [5, 5.41) is 0. The fourth-order valence-electron chi connectivity index (χ4n) is 8.00. The molecule has 0 heterocycles. The van der Waals surface area contributed by atoms with Gasteiger partial charge >= 0.3 is 5.97 Å². The maximum Gasteiger partial charge on any atom is 0.306 e. The fourth-order valence-corrected chi connectivity index (χ4v) is 8.00. The minimum atomic E-state index is -0.993. The van der Waals surface area contributed by atoms with Crippen LogP contribution in [0, 0.1) is 28.6 Å². The highest BCUT2D eigenvalue weighted by Crippen LogP contribution is 2.67. The van der Waals surface area contributed by atoms with Gasteiger partial charge in [-0.25, -0.2) is 0 Å². The van der Waals surface area contributed by atoms with Crippen molar-refractivity contribution in [3.8, 4) is 0 Å². The van der Waals surface area contributed by atoms with E-state index >= 15 is 0 Å². The Hall–Kier alpha value is -1.71. The molecule has 2 saturated carbocycles. The molecule has 4 nitrogen and oxygen atoms in total. The van der Waals surface area contributed by atoms with Crippen LogP contribution in [0.25, 0.3) is 0 Å². The van der Waals surface area contributed by atoms with Gasteiger partial charge in [0.15, 0.2) is 17.2 Å². The number of esters is 1. The summed E-state index contributed by atoms with van der Waals surface area (Å²) in [5.41, 5.74) is 1.16.